The maximum absolute atomic E-state index is 12.9. The molecule has 0 saturated heterocycles. The fourth-order valence-electron chi connectivity index (χ4n) is 1.69. The van der Waals surface area contributed by atoms with E-state index in [2.05, 4.69) is 5.32 Å². The van der Waals surface area contributed by atoms with Crippen molar-refractivity contribution in [3.63, 3.8) is 0 Å². The van der Waals surface area contributed by atoms with E-state index in [-0.39, 0.29) is 5.82 Å². The second-order valence-electron chi connectivity index (χ2n) is 4.16. The lowest BCUT2D eigenvalue weighted by Gasteiger charge is -2.11. The van der Waals surface area contributed by atoms with Gasteiger partial charge in [0.15, 0.2) is 0 Å². The zero-order chi connectivity index (χ0) is 13.1. The summed E-state index contributed by atoms with van der Waals surface area (Å²) in [6, 6.07) is 10.0. The first kappa shape index (κ1) is 12.7. The number of benzene rings is 2. The molecular weight excluding hydrogens is 251 g/mol. The minimum absolute atomic E-state index is 0.330. The van der Waals surface area contributed by atoms with E-state index in [9.17, 15) is 4.39 Å². The van der Waals surface area contributed by atoms with Crippen molar-refractivity contribution < 1.29 is 4.39 Å². The summed E-state index contributed by atoms with van der Waals surface area (Å²) in [5, 5.41) is 3.66. The summed E-state index contributed by atoms with van der Waals surface area (Å²) in [4.78, 5) is 0. The molecule has 0 spiro atoms. The van der Waals surface area contributed by atoms with Crippen LogP contribution in [0.5, 0.6) is 0 Å². The standard InChI is InChI=1S/C14H14ClFN2/c1-9-2-5-12(17)7-14(9)18-8-10-3-4-11(16)6-13(10)15/h2-7,18H,8,17H2,1H3. The Kier molecular flexibility index (Phi) is 3.72. The summed E-state index contributed by atoms with van der Waals surface area (Å²) in [5.41, 5.74) is 9.33. The molecule has 4 heteroatoms. The lowest BCUT2D eigenvalue weighted by Crippen LogP contribution is -2.02. The summed E-state index contributed by atoms with van der Waals surface area (Å²) in [6.07, 6.45) is 0. The third kappa shape index (κ3) is 2.93. The third-order valence-electron chi connectivity index (χ3n) is 2.75. The molecule has 0 aliphatic rings. The van der Waals surface area contributed by atoms with E-state index >= 15 is 0 Å². The second-order valence-corrected chi connectivity index (χ2v) is 4.57. The van der Waals surface area contributed by atoms with Crippen molar-refractivity contribution in [2.75, 3.05) is 11.1 Å². The van der Waals surface area contributed by atoms with E-state index in [0.717, 1.165) is 16.8 Å². The number of anilines is 2. The van der Waals surface area contributed by atoms with Gasteiger partial charge in [-0.1, -0.05) is 23.7 Å². The van der Waals surface area contributed by atoms with Crippen molar-refractivity contribution in [3.05, 3.63) is 58.4 Å². The quantitative estimate of drug-likeness (QED) is 0.823. The molecule has 18 heavy (non-hydrogen) atoms. The normalized spacial score (nSPS) is 10.4. The molecule has 2 rings (SSSR count). The molecule has 0 radical (unpaired) electrons. The van der Waals surface area contributed by atoms with Gasteiger partial charge in [-0.05, 0) is 42.3 Å². The molecule has 0 heterocycles. The summed E-state index contributed by atoms with van der Waals surface area (Å²) in [5.74, 6) is -0.330. The molecule has 94 valence electrons. The number of hydrogen-bond donors (Lipinski definition) is 2. The summed E-state index contributed by atoms with van der Waals surface area (Å²) in [6.45, 7) is 2.53. The van der Waals surface area contributed by atoms with Crippen molar-refractivity contribution in [1.82, 2.24) is 0 Å². The van der Waals surface area contributed by atoms with Crippen molar-refractivity contribution in [1.29, 1.82) is 0 Å². The van der Waals surface area contributed by atoms with E-state index < -0.39 is 0 Å². The minimum atomic E-state index is -0.330. The second kappa shape index (κ2) is 5.27. The van der Waals surface area contributed by atoms with Gasteiger partial charge in [-0.3, -0.25) is 0 Å². The van der Waals surface area contributed by atoms with Crippen LogP contribution in [0.4, 0.5) is 15.8 Å². The van der Waals surface area contributed by atoms with Gasteiger partial charge >= 0.3 is 0 Å². The van der Waals surface area contributed by atoms with E-state index in [0.29, 0.717) is 17.3 Å². The summed E-state index contributed by atoms with van der Waals surface area (Å²) < 4.78 is 12.9. The van der Waals surface area contributed by atoms with E-state index in [1.54, 1.807) is 6.07 Å². The van der Waals surface area contributed by atoms with Crippen LogP contribution >= 0.6 is 11.6 Å². The lowest BCUT2D eigenvalue weighted by molar-refractivity contribution is 0.627. The van der Waals surface area contributed by atoms with Gasteiger partial charge in [-0.15, -0.1) is 0 Å². The predicted molar refractivity (Wildman–Crippen MR) is 74.3 cm³/mol. The smallest absolute Gasteiger partial charge is 0.124 e. The Bertz CT molecular complexity index is 570. The van der Waals surface area contributed by atoms with E-state index in [1.165, 1.54) is 12.1 Å². The van der Waals surface area contributed by atoms with Gasteiger partial charge in [0.2, 0.25) is 0 Å². The predicted octanol–water partition coefficient (Wildman–Crippen LogP) is 3.98. The molecule has 0 aliphatic heterocycles. The Morgan fingerprint density at radius 2 is 2.00 bits per heavy atom. The van der Waals surface area contributed by atoms with Crippen LogP contribution in [0.3, 0.4) is 0 Å². The average molecular weight is 265 g/mol. The SMILES string of the molecule is Cc1ccc(N)cc1NCc1ccc(F)cc1Cl. The molecule has 0 fully saturated rings. The topological polar surface area (TPSA) is 38.0 Å². The first-order valence-electron chi connectivity index (χ1n) is 5.60. The van der Waals surface area contributed by atoms with E-state index in [4.69, 9.17) is 17.3 Å². The van der Waals surface area contributed by atoms with Crippen LogP contribution in [0.25, 0.3) is 0 Å². The van der Waals surface area contributed by atoms with Gasteiger partial charge in [0.05, 0.1) is 0 Å². The maximum atomic E-state index is 12.9. The lowest BCUT2D eigenvalue weighted by atomic mass is 10.1. The fourth-order valence-corrected chi connectivity index (χ4v) is 1.92. The highest BCUT2D eigenvalue weighted by Crippen LogP contribution is 2.22. The summed E-state index contributed by atoms with van der Waals surface area (Å²) >= 11 is 5.96. The van der Waals surface area contributed by atoms with Gasteiger partial charge in [-0.25, -0.2) is 4.39 Å². The largest absolute Gasteiger partial charge is 0.399 e. The molecule has 0 aliphatic carbocycles. The monoisotopic (exact) mass is 264 g/mol. The molecule has 0 atom stereocenters. The van der Waals surface area contributed by atoms with Crippen LogP contribution in [0, 0.1) is 12.7 Å². The Morgan fingerprint density at radius 3 is 2.72 bits per heavy atom. The Balaban J connectivity index is 2.13. The van der Waals surface area contributed by atoms with Crippen molar-refractivity contribution in [3.8, 4) is 0 Å². The Morgan fingerprint density at radius 1 is 1.22 bits per heavy atom. The van der Waals surface area contributed by atoms with Crippen molar-refractivity contribution >= 4 is 23.0 Å². The molecule has 2 aromatic carbocycles. The Labute approximate surface area is 111 Å². The molecular formula is C14H14ClFN2. The average Bonchev–Trinajstić information content (AvgIpc) is 2.32. The molecule has 0 amide bonds. The highest BCUT2D eigenvalue weighted by molar-refractivity contribution is 6.31. The summed E-state index contributed by atoms with van der Waals surface area (Å²) in [7, 11) is 0. The number of aryl methyl sites for hydroxylation is 1. The zero-order valence-electron chi connectivity index (χ0n) is 10.0. The van der Waals surface area contributed by atoms with E-state index in [1.807, 2.05) is 25.1 Å². The van der Waals surface area contributed by atoms with Crippen LogP contribution in [-0.2, 0) is 6.54 Å². The first-order chi connectivity index (χ1) is 8.56. The Hall–Kier alpha value is -1.74. The molecule has 0 aromatic heterocycles. The number of halogens is 2. The van der Waals surface area contributed by atoms with Crippen LogP contribution in [0.15, 0.2) is 36.4 Å². The minimum Gasteiger partial charge on any atom is -0.399 e. The number of nitrogens with two attached hydrogens (primary N) is 1. The first-order valence-corrected chi connectivity index (χ1v) is 5.98. The highest BCUT2D eigenvalue weighted by Gasteiger charge is 2.03. The molecule has 0 unspecified atom stereocenters. The van der Waals surface area contributed by atoms with Crippen molar-refractivity contribution in [2.45, 2.75) is 13.5 Å². The van der Waals surface area contributed by atoms with Crippen LogP contribution in [0.2, 0.25) is 5.02 Å². The molecule has 0 saturated carbocycles. The number of nitrogens with one attached hydrogen (secondary N) is 1. The van der Waals surface area contributed by atoms with Crippen LogP contribution in [0.1, 0.15) is 11.1 Å². The van der Waals surface area contributed by atoms with Gasteiger partial charge in [-0.2, -0.15) is 0 Å². The van der Waals surface area contributed by atoms with Crippen LogP contribution in [-0.4, -0.2) is 0 Å². The number of nitrogen functional groups attached to an aromatic ring is 1. The van der Waals surface area contributed by atoms with Gasteiger partial charge in [0.25, 0.3) is 0 Å². The highest BCUT2D eigenvalue weighted by atomic mass is 35.5. The van der Waals surface area contributed by atoms with Gasteiger partial charge in [0, 0.05) is 22.9 Å². The van der Waals surface area contributed by atoms with Crippen molar-refractivity contribution in [2.24, 2.45) is 0 Å². The van der Waals surface area contributed by atoms with Crippen LogP contribution < -0.4 is 11.1 Å². The molecule has 3 N–H and O–H groups in total. The van der Waals surface area contributed by atoms with Gasteiger partial charge in [0.1, 0.15) is 5.82 Å². The number of rotatable bonds is 3. The fraction of sp³-hybridized carbons (Fsp3) is 0.143. The molecule has 0 bridgehead atoms. The number of hydrogen-bond acceptors (Lipinski definition) is 2. The van der Waals surface area contributed by atoms with Gasteiger partial charge < -0.3 is 11.1 Å². The molecule has 2 aromatic rings. The third-order valence-corrected chi connectivity index (χ3v) is 3.10. The molecule has 2 nitrogen and oxygen atoms in total. The zero-order valence-corrected chi connectivity index (χ0v) is 10.8. The maximum Gasteiger partial charge on any atom is 0.124 e.